The van der Waals surface area contributed by atoms with Crippen LogP contribution in [0.1, 0.15) is 177 Å². The van der Waals surface area contributed by atoms with E-state index >= 15 is 0 Å². The Balaban J connectivity index is 0.00000108. The van der Waals surface area contributed by atoms with Crippen molar-refractivity contribution in [3.63, 3.8) is 0 Å². The van der Waals surface area contributed by atoms with Gasteiger partial charge in [0.2, 0.25) is 0 Å². The van der Waals surface area contributed by atoms with Crippen molar-refractivity contribution < 1.29 is 140 Å². The zero-order chi connectivity index (χ0) is 83.2. The molecule has 2 heterocycles. The SMILES string of the molecule is CC[C@H](C)C[C@H](C)C[C@H](C)[C@@H](O[C@@H]1O[C@H](CO)[C@@H](O)[C@H](O)[C@@H]1O)[C@@H](C)/C=C(\C)[C@@H](O)[C@@H](C)/C=C(\C)[C@@H](O)[C@@H](C)/C=C(\C)C(=O)OC[C@@H](O)[C@H](O)[C@H](O)CO.CC[C@H](C)C[C@H](C)C[C@H](C)[C@@H](O[C@@H]1O[C@H](CO)[C@@H](O)[C@H](O)[C@@H]1O)[C@@H](C)/C=C(\C)[C@@H](O)[C@@H](C)/C=C(\C)[C@@H](O)[C@@H](C)/C=C(\C)C(=O)OC[C@H](O)[C@@H](O)[C@@H](O)CO. The van der Waals surface area contributed by atoms with E-state index in [0.717, 1.165) is 38.5 Å². The Bertz CT molecular complexity index is 2560. The molecular weight excluding hydrogens is 1410 g/mol. The van der Waals surface area contributed by atoms with E-state index in [1.54, 1.807) is 67.5 Å². The predicted octanol–water partition coefficient (Wildman–Crippen LogP) is 2.71. The number of carbonyl (C=O) groups excluding carboxylic acids is 2. The molecule has 0 aromatic carbocycles. The molecule has 632 valence electrons. The number of ether oxygens (including phenoxy) is 6. The number of hydrogen-bond acceptors (Lipinski definition) is 28. The van der Waals surface area contributed by atoms with Crippen LogP contribution in [-0.2, 0) is 38.0 Å². The number of aliphatic hydroxyl groups excluding tert-OH is 20. The lowest BCUT2D eigenvalue weighted by Crippen LogP contribution is -2.60. The van der Waals surface area contributed by atoms with E-state index in [4.69, 9.17) is 38.6 Å². The Morgan fingerprint density at radius 1 is 0.361 bits per heavy atom. The van der Waals surface area contributed by atoms with Crippen molar-refractivity contribution in [2.45, 2.75) is 312 Å². The third-order valence-corrected chi connectivity index (χ3v) is 21.3. The number of rotatable bonds is 46. The highest BCUT2D eigenvalue weighted by Crippen LogP contribution is 2.36. The minimum Gasteiger partial charge on any atom is -0.459 e. The predicted molar refractivity (Wildman–Crippen MR) is 405 cm³/mol. The molecule has 0 aromatic heterocycles. The van der Waals surface area contributed by atoms with Crippen LogP contribution >= 0.6 is 0 Å². The highest BCUT2D eigenvalue weighted by Gasteiger charge is 2.48. The first-order valence-electron chi connectivity index (χ1n) is 38.6. The first-order valence-corrected chi connectivity index (χ1v) is 38.6. The van der Waals surface area contributed by atoms with Crippen LogP contribution in [0.5, 0.6) is 0 Å². The van der Waals surface area contributed by atoms with Crippen molar-refractivity contribution in [2.24, 2.45) is 71.0 Å². The third-order valence-electron chi connectivity index (χ3n) is 21.3. The molecule has 28 nitrogen and oxygen atoms in total. The van der Waals surface area contributed by atoms with E-state index < -0.39 is 210 Å². The molecule has 0 spiro atoms. The van der Waals surface area contributed by atoms with Gasteiger partial charge in [0.1, 0.15) is 98.7 Å². The average molecular weight is 1550 g/mol. The Morgan fingerprint density at radius 3 is 0.889 bits per heavy atom. The van der Waals surface area contributed by atoms with Gasteiger partial charge in [-0.25, -0.2) is 9.59 Å². The van der Waals surface area contributed by atoms with Crippen molar-refractivity contribution in [2.75, 3.05) is 39.6 Å². The standard InChI is InChI=1S/2C40H72O14/c2*1-11-20(2)12-21(3)13-26(8)38(54-40-37(50)36(49)35(48)31(18-42)53-40)27(9)15-24(6)32(45)22(4)14-23(5)33(46)25(7)16-28(10)39(51)52-19-30(44)34(47)29(43)17-41/h2*14-16,20-22,25-27,29-38,40-50H,11-13,17-19H2,1-10H3/b2*23-14+,24-15+,28-16+/t20-,21-,22-,25-,26-,27-,29+,30+,31+,32-,33+,34+,35+,36-,37-,38+,40-;20-,21-,22-,25-,26-,27-,29-,30-,31+,32-,33+,34-,35+,36-,37-,38+,40-/m00/s1. The summed E-state index contributed by atoms with van der Waals surface area (Å²) in [6.45, 7) is 34.1. The lowest BCUT2D eigenvalue weighted by Gasteiger charge is -2.42. The molecule has 2 rings (SSSR count). The van der Waals surface area contributed by atoms with Gasteiger partial charge in [0.05, 0.1) is 63.1 Å². The molecule has 108 heavy (non-hydrogen) atoms. The molecule has 0 unspecified atom stereocenters. The van der Waals surface area contributed by atoms with E-state index in [-0.39, 0.29) is 34.8 Å². The summed E-state index contributed by atoms with van der Waals surface area (Å²) in [5.41, 5.74) is 2.67. The van der Waals surface area contributed by atoms with Crippen LogP contribution in [0, 0.1) is 71.0 Å². The molecule has 0 aromatic rings. The summed E-state index contributed by atoms with van der Waals surface area (Å²) in [5.74, 6) is -2.47. The summed E-state index contributed by atoms with van der Waals surface area (Å²) in [6, 6.07) is 0. The summed E-state index contributed by atoms with van der Waals surface area (Å²) in [6.07, 6.45) is -12.9. The largest absolute Gasteiger partial charge is 0.459 e. The fraction of sp³-hybridized carbons (Fsp3) is 0.825. The Hall–Kier alpha value is -3.58. The molecular formula is C80H144O28. The van der Waals surface area contributed by atoms with Gasteiger partial charge in [0.15, 0.2) is 12.6 Å². The summed E-state index contributed by atoms with van der Waals surface area (Å²) >= 11 is 0. The van der Waals surface area contributed by atoms with E-state index in [9.17, 15) is 102 Å². The number of esters is 2. The number of hydrogen-bond donors (Lipinski definition) is 20. The Labute approximate surface area is 641 Å². The molecule has 2 aliphatic heterocycles. The first kappa shape index (κ1) is 102. The summed E-state index contributed by atoms with van der Waals surface area (Å²) in [7, 11) is 0. The van der Waals surface area contributed by atoms with Crippen LogP contribution < -0.4 is 0 Å². The molecule has 2 fully saturated rings. The second kappa shape index (κ2) is 50.6. The smallest absolute Gasteiger partial charge is 0.333 e. The van der Waals surface area contributed by atoms with E-state index in [0.29, 0.717) is 46.0 Å². The molecule has 0 amide bonds. The van der Waals surface area contributed by atoms with Crippen LogP contribution in [0.25, 0.3) is 0 Å². The van der Waals surface area contributed by atoms with Crippen LogP contribution in [0.2, 0.25) is 0 Å². The number of aliphatic hydroxyl groups is 20. The van der Waals surface area contributed by atoms with Crippen molar-refractivity contribution in [3.05, 3.63) is 69.9 Å². The van der Waals surface area contributed by atoms with Crippen molar-refractivity contribution in [3.8, 4) is 0 Å². The molecule has 0 bridgehead atoms. The topological polar surface area (TPSA) is 494 Å². The fourth-order valence-corrected chi connectivity index (χ4v) is 14.3. The van der Waals surface area contributed by atoms with Crippen LogP contribution in [0.3, 0.4) is 0 Å². The van der Waals surface area contributed by atoms with Gasteiger partial charge in [-0.05, 0) is 125 Å². The lowest BCUT2D eigenvalue weighted by atomic mass is 9.82. The van der Waals surface area contributed by atoms with Crippen LogP contribution in [0.4, 0.5) is 0 Å². The van der Waals surface area contributed by atoms with Crippen LogP contribution in [-0.4, -0.2) is 288 Å². The van der Waals surface area contributed by atoms with Gasteiger partial charge in [0.25, 0.3) is 0 Å². The van der Waals surface area contributed by atoms with E-state index in [1.165, 1.54) is 26.0 Å². The highest BCUT2D eigenvalue weighted by molar-refractivity contribution is 5.88. The maximum atomic E-state index is 12.5. The average Bonchev–Trinajstić information content (AvgIpc) is 0.810. The van der Waals surface area contributed by atoms with Gasteiger partial charge >= 0.3 is 11.9 Å². The van der Waals surface area contributed by atoms with Crippen molar-refractivity contribution in [1.29, 1.82) is 0 Å². The normalized spacial score (nSPS) is 28.5. The fourth-order valence-electron chi connectivity index (χ4n) is 14.3. The molecule has 2 aliphatic rings. The molecule has 0 saturated carbocycles. The van der Waals surface area contributed by atoms with Gasteiger partial charge in [-0.3, -0.25) is 0 Å². The zero-order valence-corrected chi connectivity index (χ0v) is 67.8. The second-order valence-electron chi connectivity index (χ2n) is 31.8. The van der Waals surface area contributed by atoms with Gasteiger partial charge in [0, 0.05) is 46.7 Å². The van der Waals surface area contributed by atoms with Gasteiger partial charge in [-0.1, -0.05) is 146 Å². The zero-order valence-electron chi connectivity index (χ0n) is 67.8. The quantitative estimate of drug-likeness (QED) is 0.0237. The summed E-state index contributed by atoms with van der Waals surface area (Å²) < 4.78 is 34.2. The Kier molecular flexibility index (Phi) is 48.0. The summed E-state index contributed by atoms with van der Waals surface area (Å²) in [4.78, 5) is 24.9. The molecule has 28 heteroatoms. The molecule has 2 saturated heterocycles. The molecule has 34 atom stereocenters. The minimum atomic E-state index is -1.71. The second-order valence-corrected chi connectivity index (χ2v) is 31.8. The van der Waals surface area contributed by atoms with E-state index in [2.05, 4.69) is 41.5 Å². The van der Waals surface area contributed by atoms with Crippen molar-refractivity contribution in [1.82, 2.24) is 0 Å². The summed E-state index contributed by atoms with van der Waals surface area (Å²) in [5, 5.41) is 203. The highest BCUT2D eigenvalue weighted by atomic mass is 16.7. The molecule has 0 aliphatic carbocycles. The third kappa shape index (κ3) is 33.1. The van der Waals surface area contributed by atoms with E-state index in [1.807, 2.05) is 39.8 Å². The van der Waals surface area contributed by atoms with Gasteiger partial charge in [-0.2, -0.15) is 0 Å². The van der Waals surface area contributed by atoms with Crippen LogP contribution in [0.15, 0.2) is 69.9 Å². The number of carbonyl (C=O) groups is 2. The maximum absolute atomic E-state index is 12.5. The van der Waals surface area contributed by atoms with Gasteiger partial charge < -0.3 is 131 Å². The molecule has 20 N–H and O–H groups in total. The van der Waals surface area contributed by atoms with Gasteiger partial charge in [-0.15, -0.1) is 0 Å². The van der Waals surface area contributed by atoms with Crippen molar-refractivity contribution >= 4 is 11.9 Å². The Morgan fingerprint density at radius 2 is 0.630 bits per heavy atom. The maximum Gasteiger partial charge on any atom is 0.333 e. The minimum absolute atomic E-state index is 0.0477. The monoisotopic (exact) mass is 1550 g/mol. The molecule has 0 radical (unpaired) electrons. The lowest BCUT2D eigenvalue weighted by molar-refractivity contribution is -0.317. The first-order chi connectivity index (χ1) is 50.2.